The van der Waals surface area contributed by atoms with Crippen molar-refractivity contribution in [3.05, 3.63) is 65.2 Å². The minimum atomic E-state index is -0.321. The molecule has 0 heterocycles. The Morgan fingerprint density at radius 1 is 1.08 bits per heavy atom. The first-order chi connectivity index (χ1) is 11.5. The highest BCUT2D eigenvalue weighted by atomic mass is 16.5. The molecular formula is C20H23NO3. The van der Waals surface area contributed by atoms with E-state index in [0.29, 0.717) is 11.5 Å². The summed E-state index contributed by atoms with van der Waals surface area (Å²) in [6.07, 6.45) is 1.01. The third-order valence-corrected chi connectivity index (χ3v) is 4.01. The summed E-state index contributed by atoms with van der Waals surface area (Å²) < 4.78 is 4.94. The van der Waals surface area contributed by atoms with E-state index in [4.69, 9.17) is 4.74 Å². The smallest absolute Gasteiger partial charge is 0.302 e. The molecule has 0 radical (unpaired) electrons. The van der Waals surface area contributed by atoms with E-state index in [-0.39, 0.29) is 18.5 Å². The van der Waals surface area contributed by atoms with Crippen LogP contribution < -0.4 is 5.32 Å². The molecule has 1 unspecified atom stereocenters. The summed E-state index contributed by atoms with van der Waals surface area (Å²) in [6, 6.07) is 14.9. The molecular weight excluding hydrogens is 302 g/mol. The van der Waals surface area contributed by atoms with Gasteiger partial charge in [-0.25, -0.2) is 0 Å². The first kappa shape index (κ1) is 17.7. The number of hydrogen-bond acceptors (Lipinski definition) is 3. The zero-order valence-corrected chi connectivity index (χ0v) is 14.3. The molecule has 4 heteroatoms. The number of esters is 1. The van der Waals surface area contributed by atoms with Crippen LogP contribution in [0.1, 0.15) is 54.6 Å². The molecule has 0 aromatic heterocycles. The summed E-state index contributed by atoms with van der Waals surface area (Å²) in [5.41, 5.74) is 3.41. The lowest BCUT2D eigenvalue weighted by Gasteiger charge is -2.15. The van der Waals surface area contributed by atoms with Gasteiger partial charge < -0.3 is 10.1 Å². The van der Waals surface area contributed by atoms with E-state index < -0.39 is 0 Å². The zero-order valence-electron chi connectivity index (χ0n) is 14.3. The maximum absolute atomic E-state index is 12.5. The molecule has 0 fully saturated rings. The van der Waals surface area contributed by atoms with Gasteiger partial charge in [-0.1, -0.05) is 44.2 Å². The van der Waals surface area contributed by atoms with Crippen LogP contribution in [0.25, 0.3) is 0 Å². The largest absolute Gasteiger partial charge is 0.461 e. The summed E-state index contributed by atoms with van der Waals surface area (Å²) in [4.78, 5) is 23.3. The molecule has 0 spiro atoms. The Kier molecular flexibility index (Phi) is 6.13. The van der Waals surface area contributed by atoms with E-state index in [1.807, 2.05) is 24.3 Å². The average molecular weight is 325 g/mol. The molecule has 126 valence electrons. The Morgan fingerprint density at radius 2 is 1.75 bits per heavy atom. The molecule has 0 saturated heterocycles. The molecule has 2 aromatic carbocycles. The second kappa shape index (κ2) is 8.29. The summed E-state index contributed by atoms with van der Waals surface area (Å²) in [5, 5.41) is 2.99. The lowest BCUT2D eigenvalue weighted by Crippen LogP contribution is -2.14. The summed E-state index contributed by atoms with van der Waals surface area (Å²) in [5.74, 6) is -0.0872. The number of nitrogens with one attached hydrogen (secondary N) is 1. The predicted octanol–water partition coefficient (Wildman–Crippen LogP) is 4.52. The van der Waals surface area contributed by atoms with Crippen molar-refractivity contribution in [3.63, 3.8) is 0 Å². The van der Waals surface area contributed by atoms with Crippen LogP contribution in [-0.4, -0.2) is 11.9 Å². The second-order valence-electron chi connectivity index (χ2n) is 5.83. The van der Waals surface area contributed by atoms with Gasteiger partial charge in [0, 0.05) is 18.2 Å². The topological polar surface area (TPSA) is 55.4 Å². The van der Waals surface area contributed by atoms with Crippen molar-refractivity contribution in [1.82, 2.24) is 0 Å². The Balaban J connectivity index is 2.09. The normalized spacial score (nSPS) is 11.6. The highest BCUT2D eigenvalue weighted by Crippen LogP contribution is 2.26. The van der Waals surface area contributed by atoms with Crippen LogP contribution >= 0.6 is 0 Å². The van der Waals surface area contributed by atoms with E-state index >= 15 is 0 Å². The van der Waals surface area contributed by atoms with Gasteiger partial charge in [-0.3, -0.25) is 9.59 Å². The molecule has 2 aromatic rings. The molecule has 0 saturated carbocycles. The van der Waals surface area contributed by atoms with Gasteiger partial charge in [0.1, 0.15) is 6.61 Å². The SMILES string of the molecule is CCC(C)c1ccccc1NC(=O)c1ccc(COC(C)=O)cc1. The Bertz CT molecular complexity index is 707. The monoisotopic (exact) mass is 325 g/mol. The molecule has 0 aliphatic rings. The third-order valence-electron chi connectivity index (χ3n) is 4.01. The molecule has 1 N–H and O–H groups in total. The lowest BCUT2D eigenvalue weighted by atomic mass is 9.97. The van der Waals surface area contributed by atoms with E-state index in [9.17, 15) is 9.59 Å². The van der Waals surface area contributed by atoms with Gasteiger partial charge in [-0.2, -0.15) is 0 Å². The van der Waals surface area contributed by atoms with Crippen LogP contribution in [0.15, 0.2) is 48.5 Å². The van der Waals surface area contributed by atoms with Crippen LogP contribution in [0, 0.1) is 0 Å². The number of para-hydroxylation sites is 1. The first-order valence-electron chi connectivity index (χ1n) is 8.13. The number of rotatable bonds is 6. The predicted molar refractivity (Wildman–Crippen MR) is 95.0 cm³/mol. The number of anilines is 1. The minimum absolute atomic E-state index is 0.148. The van der Waals surface area contributed by atoms with Gasteiger partial charge in [0.25, 0.3) is 5.91 Å². The fraction of sp³-hybridized carbons (Fsp3) is 0.300. The number of benzene rings is 2. The van der Waals surface area contributed by atoms with Crippen molar-refractivity contribution in [2.24, 2.45) is 0 Å². The maximum atomic E-state index is 12.5. The molecule has 2 rings (SSSR count). The second-order valence-corrected chi connectivity index (χ2v) is 5.83. The van der Waals surface area contributed by atoms with Crippen LogP contribution in [0.2, 0.25) is 0 Å². The van der Waals surface area contributed by atoms with Gasteiger partial charge in [-0.05, 0) is 41.7 Å². The number of ether oxygens (including phenoxy) is 1. The zero-order chi connectivity index (χ0) is 17.5. The fourth-order valence-corrected chi connectivity index (χ4v) is 2.39. The van der Waals surface area contributed by atoms with E-state index in [1.165, 1.54) is 6.92 Å². The van der Waals surface area contributed by atoms with Crippen LogP contribution in [0.4, 0.5) is 5.69 Å². The fourth-order valence-electron chi connectivity index (χ4n) is 2.39. The number of carbonyl (C=O) groups is 2. The maximum Gasteiger partial charge on any atom is 0.302 e. The van der Waals surface area contributed by atoms with E-state index in [2.05, 4.69) is 19.2 Å². The Hall–Kier alpha value is -2.62. The van der Waals surface area contributed by atoms with Crippen molar-refractivity contribution < 1.29 is 14.3 Å². The van der Waals surface area contributed by atoms with Crippen molar-refractivity contribution in [2.75, 3.05) is 5.32 Å². The summed E-state index contributed by atoms with van der Waals surface area (Å²) in [6.45, 7) is 5.87. The lowest BCUT2D eigenvalue weighted by molar-refractivity contribution is -0.142. The molecule has 1 amide bonds. The summed E-state index contributed by atoms with van der Waals surface area (Å²) in [7, 11) is 0. The van der Waals surface area contributed by atoms with Gasteiger partial charge >= 0.3 is 5.97 Å². The van der Waals surface area contributed by atoms with Gasteiger partial charge in [0.15, 0.2) is 0 Å². The van der Waals surface area contributed by atoms with Crippen molar-refractivity contribution >= 4 is 17.6 Å². The number of carbonyl (C=O) groups excluding carboxylic acids is 2. The molecule has 4 nitrogen and oxygen atoms in total. The molecule has 24 heavy (non-hydrogen) atoms. The third kappa shape index (κ3) is 4.69. The summed E-state index contributed by atoms with van der Waals surface area (Å²) >= 11 is 0. The minimum Gasteiger partial charge on any atom is -0.461 e. The molecule has 0 aliphatic carbocycles. The highest BCUT2D eigenvalue weighted by Gasteiger charge is 2.12. The Morgan fingerprint density at radius 3 is 2.38 bits per heavy atom. The van der Waals surface area contributed by atoms with Gasteiger partial charge in [0.05, 0.1) is 0 Å². The first-order valence-corrected chi connectivity index (χ1v) is 8.13. The number of hydrogen-bond donors (Lipinski definition) is 1. The van der Waals surface area contributed by atoms with Gasteiger partial charge in [0.2, 0.25) is 0 Å². The number of amides is 1. The standard InChI is InChI=1S/C20H23NO3/c1-4-14(2)18-7-5-6-8-19(18)21-20(23)17-11-9-16(10-12-17)13-24-15(3)22/h5-12,14H,4,13H2,1-3H3,(H,21,23). The van der Waals surface area contributed by atoms with Gasteiger partial charge in [-0.15, -0.1) is 0 Å². The van der Waals surface area contributed by atoms with Crippen molar-refractivity contribution in [2.45, 2.75) is 39.7 Å². The molecule has 0 bridgehead atoms. The highest BCUT2D eigenvalue weighted by molar-refractivity contribution is 6.04. The van der Waals surface area contributed by atoms with E-state index in [1.54, 1.807) is 24.3 Å². The molecule has 0 aliphatic heterocycles. The quantitative estimate of drug-likeness (QED) is 0.795. The van der Waals surface area contributed by atoms with Crippen LogP contribution in [0.5, 0.6) is 0 Å². The van der Waals surface area contributed by atoms with Crippen molar-refractivity contribution in [1.29, 1.82) is 0 Å². The van der Waals surface area contributed by atoms with Crippen molar-refractivity contribution in [3.8, 4) is 0 Å². The molecule has 1 atom stereocenters. The van der Waals surface area contributed by atoms with E-state index in [0.717, 1.165) is 23.2 Å². The van der Waals surface area contributed by atoms with Crippen LogP contribution in [0.3, 0.4) is 0 Å². The average Bonchev–Trinajstić information content (AvgIpc) is 2.60. The van der Waals surface area contributed by atoms with Crippen LogP contribution in [-0.2, 0) is 16.1 Å². The Labute approximate surface area is 142 Å².